The highest BCUT2D eigenvalue weighted by Crippen LogP contribution is 2.32. The fourth-order valence-corrected chi connectivity index (χ4v) is 4.82. The number of hydrogen-bond acceptors (Lipinski definition) is 5. The topological polar surface area (TPSA) is 82.9 Å². The Kier molecular flexibility index (Phi) is 6.46. The maximum atomic E-state index is 13.7. The number of nitrogens with one attached hydrogen (secondary N) is 2. The Hall–Kier alpha value is -3.00. The minimum atomic E-state index is -0.628. The summed E-state index contributed by atoms with van der Waals surface area (Å²) in [5.74, 6) is -1.03. The molecular formula is C23H23FN4O2S. The molecule has 0 saturated carbocycles. The quantitative estimate of drug-likeness (QED) is 0.541. The third-order valence-electron chi connectivity index (χ3n) is 5.47. The van der Waals surface area contributed by atoms with E-state index < -0.39 is 17.0 Å². The molecule has 1 fully saturated rings. The van der Waals surface area contributed by atoms with Crippen LogP contribution in [0.1, 0.15) is 43.2 Å². The molecule has 6 nitrogen and oxygen atoms in total. The van der Waals surface area contributed by atoms with Gasteiger partial charge >= 0.3 is 0 Å². The van der Waals surface area contributed by atoms with E-state index in [9.17, 15) is 14.0 Å². The van der Waals surface area contributed by atoms with Crippen molar-refractivity contribution in [3.05, 3.63) is 65.5 Å². The Labute approximate surface area is 184 Å². The van der Waals surface area contributed by atoms with Crippen molar-refractivity contribution < 1.29 is 14.0 Å². The number of anilines is 1. The molecule has 1 aliphatic heterocycles. The van der Waals surface area contributed by atoms with E-state index in [-0.39, 0.29) is 23.9 Å². The summed E-state index contributed by atoms with van der Waals surface area (Å²) in [4.78, 5) is 24.5. The minimum absolute atomic E-state index is 0.0808. The van der Waals surface area contributed by atoms with Gasteiger partial charge in [-0.2, -0.15) is 5.10 Å². The fraction of sp³-hybridized carbons (Fsp3) is 0.304. The average Bonchev–Trinajstić information content (AvgIpc) is 3.12. The lowest BCUT2D eigenvalue weighted by atomic mass is 9.80. The molecule has 2 unspecified atom stereocenters. The van der Waals surface area contributed by atoms with Gasteiger partial charge in [-0.05, 0) is 49.4 Å². The average molecular weight is 439 g/mol. The number of thioether (sulfide) groups is 1. The molecule has 31 heavy (non-hydrogen) atoms. The minimum Gasteiger partial charge on any atom is -0.324 e. The van der Waals surface area contributed by atoms with E-state index in [0.717, 1.165) is 36.7 Å². The molecule has 4 rings (SSSR count). The Balaban J connectivity index is 1.39. The van der Waals surface area contributed by atoms with E-state index in [0.29, 0.717) is 5.17 Å². The SMILES string of the molecule is C/C(=N/N=C1/NC(=O)C(CC(=O)Nc2ccccc2F)S1)C1CCCc2ccccc21. The zero-order valence-corrected chi connectivity index (χ0v) is 17.9. The predicted molar refractivity (Wildman–Crippen MR) is 122 cm³/mol. The van der Waals surface area contributed by atoms with Crippen LogP contribution in [0.4, 0.5) is 10.1 Å². The first-order chi connectivity index (χ1) is 15.0. The van der Waals surface area contributed by atoms with Gasteiger partial charge in [0.15, 0.2) is 5.17 Å². The van der Waals surface area contributed by atoms with Crippen molar-refractivity contribution in [1.82, 2.24) is 5.32 Å². The van der Waals surface area contributed by atoms with Crippen LogP contribution in [0.3, 0.4) is 0 Å². The molecule has 2 amide bonds. The molecule has 2 aliphatic rings. The first-order valence-corrected chi connectivity index (χ1v) is 11.1. The summed E-state index contributed by atoms with van der Waals surface area (Å²) < 4.78 is 13.7. The molecule has 0 bridgehead atoms. The number of hydrogen-bond donors (Lipinski definition) is 2. The smallest absolute Gasteiger partial charge is 0.240 e. The van der Waals surface area contributed by atoms with Gasteiger partial charge in [-0.3, -0.25) is 9.59 Å². The Morgan fingerprint density at radius 2 is 2.00 bits per heavy atom. The lowest BCUT2D eigenvalue weighted by Gasteiger charge is -2.24. The highest BCUT2D eigenvalue weighted by molar-refractivity contribution is 8.15. The number of carbonyl (C=O) groups excluding carboxylic acids is 2. The van der Waals surface area contributed by atoms with Crippen LogP contribution in [0.15, 0.2) is 58.7 Å². The van der Waals surface area contributed by atoms with Crippen LogP contribution in [0.5, 0.6) is 0 Å². The number of para-hydroxylation sites is 1. The van der Waals surface area contributed by atoms with Crippen molar-refractivity contribution in [2.75, 3.05) is 5.32 Å². The van der Waals surface area contributed by atoms with Crippen LogP contribution in [0.25, 0.3) is 0 Å². The number of aryl methyl sites for hydroxylation is 1. The predicted octanol–water partition coefficient (Wildman–Crippen LogP) is 4.24. The monoisotopic (exact) mass is 438 g/mol. The molecule has 160 valence electrons. The van der Waals surface area contributed by atoms with Gasteiger partial charge in [0.2, 0.25) is 11.8 Å². The highest BCUT2D eigenvalue weighted by Gasteiger charge is 2.32. The molecule has 1 saturated heterocycles. The van der Waals surface area contributed by atoms with Crippen LogP contribution < -0.4 is 10.6 Å². The highest BCUT2D eigenvalue weighted by atomic mass is 32.2. The van der Waals surface area contributed by atoms with Crippen LogP contribution in [0.2, 0.25) is 0 Å². The van der Waals surface area contributed by atoms with Crippen molar-refractivity contribution in [2.24, 2.45) is 10.2 Å². The van der Waals surface area contributed by atoms with Gasteiger partial charge in [0, 0.05) is 18.1 Å². The molecule has 2 aromatic carbocycles. The summed E-state index contributed by atoms with van der Waals surface area (Å²) in [5, 5.41) is 13.5. The Morgan fingerprint density at radius 1 is 1.23 bits per heavy atom. The zero-order chi connectivity index (χ0) is 21.8. The van der Waals surface area contributed by atoms with Gasteiger partial charge in [0.1, 0.15) is 11.1 Å². The number of benzene rings is 2. The summed E-state index contributed by atoms with van der Waals surface area (Å²) in [5.41, 5.74) is 3.64. The van der Waals surface area contributed by atoms with Crippen LogP contribution >= 0.6 is 11.8 Å². The molecule has 2 aromatic rings. The lowest BCUT2D eigenvalue weighted by Crippen LogP contribution is -2.28. The van der Waals surface area contributed by atoms with E-state index in [1.807, 2.05) is 13.0 Å². The first kappa shape index (κ1) is 21.2. The van der Waals surface area contributed by atoms with Crippen LogP contribution in [0, 0.1) is 5.82 Å². The second-order valence-electron chi connectivity index (χ2n) is 7.62. The van der Waals surface area contributed by atoms with E-state index >= 15 is 0 Å². The largest absolute Gasteiger partial charge is 0.324 e. The Bertz CT molecular complexity index is 1070. The van der Waals surface area contributed by atoms with Crippen molar-refractivity contribution in [3.63, 3.8) is 0 Å². The number of rotatable bonds is 5. The number of nitrogens with zero attached hydrogens (tertiary/aromatic N) is 2. The summed E-state index contributed by atoms with van der Waals surface area (Å²) in [7, 11) is 0. The second kappa shape index (κ2) is 9.43. The maximum Gasteiger partial charge on any atom is 0.240 e. The summed E-state index contributed by atoms with van der Waals surface area (Å²) in [6, 6.07) is 14.3. The van der Waals surface area contributed by atoms with Gasteiger partial charge in [-0.25, -0.2) is 4.39 Å². The van der Waals surface area contributed by atoms with Gasteiger partial charge < -0.3 is 10.6 Å². The molecule has 2 atom stereocenters. The number of halogens is 1. The number of amides is 2. The molecule has 2 N–H and O–H groups in total. The number of amidine groups is 1. The normalized spacial score (nSPS) is 22.2. The maximum absolute atomic E-state index is 13.7. The molecule has 0 aromatic heterocycles. The van der Waals surface area contributed by atoms with Crippen molar-refractivity contribution >= 4 is 40.1 Å². The molecule has 1 heterocycles. The van der Waals surface area contributed by atoms with E-state index in [1.54, 1.807) is 12.1 Å². The third-order valence-corrected chi connectivity index (χ3v) is 6.54. The molecular weight excluding hydrogens is 415 g/mol. The van der Waals surface area contributed by atoms with Gasteiger partial charge in [-0.1, -0.05) is 48.2 Å². The van der Waals surface area contributed by atoms with Crippen LogP contribution in [-0.2, 0) is 16.0 Å². The van der Waals surface area contributed by atoms with E-state index in [2.05, 4.69) is 39.0 Å². The first-order valence-electron chi connectivity index (χ1n) is 10.2. The fourth-order valence-electron chi connectivity index (χ4n) is 3.90. The van der Waals surface area contributed by atoms with Crippen LogP contribution in [-0.4, -0.2) is 27.9 Å². The molecule has 8 heteroatoms. The van der Waals surface area contributed by atoms with Gasteiger partial charge in [0.05, 0.1) is 5.69 Å². The summed E-state index contributed by atoms with van der Waals surface area (Å²) in [6.45, 7) is 1.96. The molecule has 0 spiro atoms. The number of fused-ring (bicyclic) bond motifs is 1. The van der Waals surface area contributed by atoms with Gasteiger partial charge in [0.25, 0.3) is 0 Å². The number of carbonyl (C=O) groups is 2. The van der Waals surface area contributed by atoms with Gasteiger partial charge in [-0.15, -0.1) is 5.10 Å². The Morgan fingerprint density at radius 3 is 2.84 bits per heavy atom. The van der Waals surface area contributed by atoms with Crippen molar-refractivity contribution in [1.29, 1.82) is 0 Å². The second-order valence-corrected chi connectivity index (χ2v) is 8.81. The molecule has 1 aliphatic carbocycles. The van der Waals surface area contributed by atoms with Crippen molar-refractivity contribution in [3.8, 4) is 0 Å². The summed E-state index contributed by atoms with van der Waals surface area (Å²) in [6.07, 6.45) is 3.13. The zero-order valence-electron chi connectivity index (χ0n) is 17.1. The lowest BCUT2D eigenvalue weighted by molar-refractivity contribution is -0.122. The molecule has 0 radical (unpaired) electrons. The van der Waals surface area contributed by atoms with E-state index in [4.69, 9.17) is 0 Å². The summed E-state index contributed by atoms with van der Waals surface area (Å²) >= 11 is 1.16. The third kappa shape index (κ3) is 5.02. The van der Waals surface area contributed by atoms with E-state index in [1.165, 1.54) is 23.3 Å². The standard InChI is InChI=1S/C23H23FN4O2S/c1-14(16-10-6-8-15-7-2-3-9-17(15)16)27-28-23-26-22(30)20(31-23)13-21(29)25-19-12-5-4-11-18(19)24/h2-5,7,9,11-12,16,20H,6,8,10,13H2,1H3,(H,25,29)(H,26,28,30)/b27-14-. The van der Waals surface area contributed by atoms with Crippen molar-refractivity contribution in [2.45, 2.75) is 43.8 Å².